The number of nitrogens with one attached hydrogen (secondary N) is 1. The molecule has 3 heterocycles. The molecule has 2 saturated heterocycles. The zero-order valence-electron chi connectivity index (χ0n) is 36.3. The second-order valence-corrected chi connectivity index (χ2v) is 9.77. The Balaban J connectivity index is 1.46. The molecule has 1 aromatic heterocycles. The van der Waals surface area contributed by atoms with Gasteiger partial charge in [-0.05, 0) is 57.3 Å². The molecule has 0 radical (unpaired) electrons. The normalized spacial score (nSPS) is 40.6. The average molecular weight is 530 g/mol. The van der Waals surface area contributed by atoms with Crippen molar-refractivity contribution in [2.24, 2.45) is 5.92 Å². The number of carbonyl (C=O) groups is 1. The van der Waals surface area contributed by atoms with Crippen molar-refractivity contribution in [2.75, 3.05) is 6.50 Å². The number of fused-ring (bicyclic) bond motifs is 2. The van der Waals surface area contributed by atoms with Gasteiger partial charge in [-0.25, -0.2) is 8.78 Å². The fraction of sp³-hybridized carbons (Fsp3) is 0.690. The minimum Gasteiger partial charge on any atom is -0.349 e. The van der Waals surface area contributed by atoms with Crippen molar-refractivity contribution < 1.29 is 35.5 Å². The van der Waals surface area contributed by atoms with Gasteiger partial charge in [0.1, 0.15) is 11.6 Å². The van der Waals surface area contributed by atoms with E-state index in [0.717, 1.165) is 0 Å². The number of alkyl halides is 2. The standard InChI is InChI=1S/C29H41F2N5O/c1-19(2)27-34-33-20(3)36(27)25-17-23-9-10-24(18-25)35(23)16-13-26(21-7-5-4-6-8-21)32-28(37)22-11-14-29(30,31)15-12-22/h4-8,19,22-26H,9-18H2,1-3H3,(H,32,37)/i1D3,3D3,11D2,12D2,14D2,15D2,16D2. The fourth-order valence-corrected chi connectivity index (χ4v) is 5.49. The van der Waals surface area contributed by atoms with Crippen molar-refractivity contribution >= 4 is 5.91 Å². The molecule has 37 heavy (non-hydrogen) atoms. The van der Waals surface area contributed by atoms with Gasteiger partial charge in [0.25, 0.3) is 0 Å². The molecule has 4 atom stereocenters. The predicted octanol–water partition coefficient (Wildman–Crippen LogP) is 5.95. The largest absolute Gasteiger partial charge is 0.349 e. The van der Waals surface area contributed by atoms with Crippen molar-refractivity contribution in [3.05, 3.63) is 47.5 Å². The summed E-state index contributed by atoms with van der Waals surface area (Å²) >= 11 is 0. The van der Waals surface area contributed by atoms with E-state index in [0.29, 0.717) is 12.8 Å². The molecule has 1 aromatic carbocycles. The first-order valence-corrected chi connectivity index (χ1v) is 12.4. The minimum atomic E-state index is -5.19. The highest BCUT2D eigenvalue weighted by Crippen LogP contribution is 2.42. The summed E-state index contributed by atoms with van der Waals surface area (Å²) in [6, 6.07) is 4.70. The van der Waals surface area contributed by atoms with Crippen LogP contribution in [0.2, 0.25) is 0 Å². The van der Waals surface area contributed by atoms with Gasteiger partial charge in [0.15, 0.2) is 0 Å². The van der Waals surface area contributed by atoms with Gasteiger partial charge in [0.2, 0.25) is 11.8 Å². The van der Waals surface area contributed by atoms with Gasteiger partial charge in [-0.2, -0.15) is 0 Å². The Hall–Kier alpha value is -2.35. The van der Waals surface area contributed by atoms with Crippen molar-refractivity contribution in [2.45, 2.75) is 114 Å². The van der Waals surface area contributed by atoms with E-state index in [1.165, 1.54) is 23.6 Å². The molecular formula is C29H41F2N5O. The molecule has 3 aliphatic rings. The van der Waals surface area contributed by atoms with Crippen LogP contribution in [0.15, 0.2) is 30.3 Å². The fourth-order valence-electron chi connectivity index (χ4n) is 5.49. The maximum absolute atomic E-state index is 15.1. The van der Waals surface area contributed by atoms with Crippen LogP contribution >= 0.6 is 0 Å². The van der Waals surface area contributed by atoms with Crippen molar-refractivity contribution in [3.63, 3.8) is 0 Å². The molecule has 1 amide bonds. The number of nitrogens with zero attached hydrogens (tertiary/aromatic N) is 4. The lowest BCUT2D eigenvalue weighted by Gasteiger charge is -2.40. The van der Waals surface area contributed by atoms with Crippen LogP contribution in [0.1, 0.15) is 129 Å². The SMILES string of the molecule is [2H]C([2H])([2H])c1nnc(C(C)C([2H])([2H])[2H])n1C1CC2CCC(C1)N2C([2H])([2H])CC(NC(=O)C1C([2H])([2H])C([2H])([2H])C(F)(F)C([2H])([2H])C1([2H])[2H])c1ccccc1. The van der Waals surface area contributed by atoms with Crippen LogP contribution in [0.3, 0.4) is 0 Å². The van der Waals surface area contributed by atoms with Gasteiger partial charge in [-0.15, -0.1) is 10.2 Å². The third kappa shape index (κ3) is 5.74. The number of rotatable bonds is 8. The van der Waals surface area contributed by atoms with Gasteiger partial charge < -0.3 is 9.88 Å². The van der Waals surface area contributed by atoms with Gasteiger partial charge in [0.05, 0.1) is 6.04 Å². The zero-order chi connectivity index (χ0) is 40.1. The number of aryl methyl sites for hydroxylation is 1. The molecule has 8 heteroatoms. The zero-order valence-corrected chi connectivity index (χ0v) is 20.3. The third-order valence-electron chi connectivity index (χ3n) is 7.19. The predicted molar refractivity (Wildman–Crippen MR) is 139 cm³/mol. The number of benzene rings is 1. The van der Waals surface area contributed by atoms with Crippen LogP contribution in [-0.4, -0.2) is 50.1 Å². The van der Waals surface area contributed by atoms with Crippen molar-refractivity contribution in [1.82, 2.24) is 25.0 Å². The van der Waals surface area contributed by atoms with Crippen molar-refractivity contribution in [3.8, 4) is 0 Å². The molecule has 0 spiro atoms. The Kier molecular flexibility index (Phi) is 3.83. The lowest BCUT2D eigenvalue weighted by atomic mass is 9.86. The van der Waals surface area contributed by atoms with E-state index in [4.69, 9.17) is 19.2 Å². The minimum absolute atomic E-state index is 0.0298. The Bertz CT molecular complexity index is 1640. The summed E-state index contributed by atoms with van der Waals surface area (Å²) < 4.78 is 162. The molecule has 1 saturated carbocycles. The molecule has 202 valence electrons. The first kappa shape index (κ1) is 13.1. The van der Waals surface area contributed by atoms with Crippen LogP contribution in [0.5, 0.6) is 0 Å². The molecule has 1 aliphatic carbocycles. The summed E-state index contributed by atoms with van der Waals surface area (Å²) in [7, 11) is 0. The molecule has 2 aromatic rings. The summed E-state index contributed by atoms with van der Waals surface area (Å²) in [6.07, 6.45) is -15.8. The monoisotopic (exact) mass is 529 g/mol. The number of carbonyl (C=O) groups excluding carboxylic acids is 1. The number of piperidine rings is 1. The number of hydrogen-bond acceptors (Lipinski definition) is 4. The molecule has 6 nitrogen and oxygen atoms in total. The Morgan fingerprint density at radius 3 is 2.54 bits per heavy atom. The quantitative estimate of drug-likeness (QED) is 0.459. The van der Waals surface area contributed by atoms with Crippen LogP contribution in [0.25, 0.3) is 0 Å². The molecule has 4 unspecified atom stereocenters. The lowest BCUT2D eigenvalue weighted by molar-refractivity contribution is -0.130. The van der Waals surface area contributed by atoms with Crippen LogP contribution in [0, 0.1) is 12.8 Å². The van der Waals surface area contributed by atoms with Crippen LogP contribution < -0.4 is 5.32 Å². The highest BCUT2D eigenvalue weighted by Gasteiger charge is 2.42. The maximum Gasteiger partial charge on any atom is 0.248 e. The van der Waals surface area contributed by atoms with Gasteiger partial charge in [-0.3, -0.25) is 9.69 Å². The van der Waals surface area contributed by atoms with E-state index in [9.17, 15) is 7.54 Å². The highest BCUT2D eigenvalue weighted by atomic mass is 19.3. The van der Waals surface area contributed by atoms with Crippen LogP contribution in [0.4, 0.5) is 8.78 Å². The van der Waals surface area contributed by atoms with E-state index in [-0.39, 0.29) is 30.1 Å². The Morgan fingerprint density at radius 1 is 1.19 bits per heavy atom. The summed E-state index contributed by atoms with van der Waals surface area (Å²) in [5.74, 6) is -11.3. The molecular weight excluding hydrogens is 472 g/mol. The van der Waals surface area contributed by atoms with E-state index in [2.05, 4.69) is 15.5 Å². The lowest BCUT2D eigenvalue weighted by Crippen LogP contribution is -2.45. The smallest absolute Gasteiger partial charge is 0.248 e. The first-order chi connectivity index (χ1) is 23.9. The Labute approximate surface area is 241 Å². The van der Waals surface area contributed by atoms with Gasteiger partial charge in [0, 0.05) is 71.1 Å². The van der Waals surface area contributed by atoms with Crippen LogP contribution in [-0.2, 0) is 4.79 Å². The number of amides is 1. The average Bonchev–Trinajstić information content (AvgIpc) is 3.59. The number of hydrogen-bond donors (Lipinski definition) is 1. The second kappa shape index (κ2) is 10.8. The van der Waals surface area contributed by atoms with E-state index < -0.39 is 99.9 Å². The van der Waals surface area contributed by atoms with E-state index in [1.807, 2.05) is 0 Å². The summed E-state index contributed by atoms with van der Waals surface area (Å²) in [5.41, 5.74) is 0.260. The molecule has 2 bridgehead atoms. The van der Waals surface area contributed by atoms with E-state index in [1.54, 1.807) is 23.1 Å². The highest BCUT2D eigenvalue weighted by molar-refractivity contribution is 5.79. The van der Waals surface area contributed by atoms with E-state index >= 15 is 8.78 Å². The first-order valence-electron chi connectivity index (χ1n) is 20.4. The number of aromatic nitrogens is 3. The Morgan fingerprint density at radius 2 is 1.89 bits per heavy atom. The molecule has 2 aliphatic heterocycles. The third-order valence-corrected chi connectivity index (χ3v) is 7.19. The summed E-state index contributed by atoms with van der Waals surface area (Å²) in [5, 5.41) is 10.2. The maximum atomic E-state index is 15.1. The summed E-state index contributed by atoms with van der Waals surface area (Å²) in [6.45, 7) is -6.13. The topological polar surface area (TPSA) is 63.1 Å². The number of halogens is 2. The molecule has 3 fully saturated rings. The molecule has 1 N–H and O–H groups in total. The molecule has 5 rings (SSSR count). The van der Waals surface area contributed by atoms with Gasteiger partial charge >= 0.3 is 0 Å². The second-order valence-electron chi connectivity index (χ2n) is 9.77. The summed E-state index contributed by atoms with van der Waals surface area (Å²) in [4.78, 5) is 15.4. The van der Waals surface area contributed by atoms with Crippen molar-refractivity contribution in [1.29, 1.82) is 0 Å². The van der Waals surface area contributed by atoms with Gasteiger partial charge in [-0.1, -0.05) is 44.1 Å².